The van der Waals surface area contributed by atoms with E-state index in [9.17, 15) is 0 Å². The van der Waals surface area contributed by atoms with Gasteiger partial charge in [-0.25, -0.2) is 0 Å². The maximum atomic E-state index is 3.63. The van der Waals surface area contributed by atoms with Crippen LogP contribution < -0.4 is 5.32 Å². The molecule has 0 spiro atoms. The molecule has 1 aliphatic heterocycles. The highest BCUT2D eigenvalue weighted by Gasteiger charge is 2.17. The molecule has 0 saturated carbocycles. The molecular weight excluding hydrogens is 278 g/mol. The molecule has 0 bridgehead atoms. The van der Waals surface area contributed by atoms with Crippen LogP contribution in [0.2, 0.25) is 0 Å². The molecule has 0 aliphatic carbocycles. The second kappa shape index (κ2) is 4.72. The lowest BCUT2D eigenvalue weighted by Gasteiger charge is -2.22. The van der Waals surface area contributed by atoms with E-state index in [1.165, 1.54) is 33.0 Å². The minimum Gasteiger partial charge on any atom is -0.355 e. The molecule has 0 unspecified atom stereocenters. The topological polar surface area (TPSA) is 12.0 Å². The van der Waals surface area contributed by atoms with Gasteiger partial charge in [-0.3, -0.25) is 0 Å². The predicted molar refractivity (Wildman–Crippen MR) is 98.1 cm³/mol. The summed E-state index contributed by atoms with van der Waals surface area (Å²) in [6.45, 7) is 0. The molecule has 0 amide bonds. The van der Waals surface area contributed by atoms with E-state index in [0.29, 0.717) is 0 Å². The van der Waals surface area contributed by atoms with Gasteiger partial charge in [-0.2, -0.15) is 0 Å². The molecule has 1 N–H and O–H groups in total. The van der Waals surface area contributed by atoms with Crippen LogP contribution in [-0.2, 0) is 0 Å². The Kier molecular flexibility index (Phi) is 2.56. The molecule has 4 aromatic rings. The zero-order valence-electron chi connectivity index (χ0n) is 12.6. The minimum atomic E-state index is 1.15. The molecule has 4 aromatic carbocycles. The molecule has 1 aliphatic rings. The predicted octanol–water partition coefficient (Wildman–Crippen LogP) is 6.23. The monoisotopic (exact) mass is 293 g/mol. The van der Waals surface area contributed by atoms with Crippen LogP contribution in [0, 0.1) is 0 Å². The summed E-state index contributed by atoms with van der Waals surface area (Å²) in [6, 6.07) is 30.2. The van der Waals surface area contributed by atoms with E-state index >= 15 is 0 Å². The average molecular weight is 293 g/mol. The van der Waals surface area contributed by atoms with Gasteiger partial charge in [0.2, 0.25) is 0 Å². The first kappa shape index (κ1) is 12.5. The molecule has 0 aromatic heterocycles. The lowest BCUT2D eigenvalue weighted by molar-refractivity contribution is 1.52. The van der Waals surface area contributed by atoms with Crippen LogP contribution in [0.25, 0.3) is 33.0 Å². The Hall–Kier alpha value is -3.06. The third-order valence-electron chi connectivity index (χ3n) is 4.61. The van der Waals surface area contributed by atoms with Gasteiger partial charge in [0, 0.05) is 22.5 Å². The molecule has 1 nitrogen and oxygen atoms in total. The molecule has 0 fully saturated rings. The van der Waals surface area contributed by atoms with Gasteiger partial charge < -0.3 is 5.32 Å². The number of hydrogen-bond acceptors (Lipinski definition) is 1. The fraction of sp³-hybridized carbons (Fsp3) is 0. The van der Waals surface area contributed by atoms with Crippen LogP contribution in [0.3, 0.4) is 0 Å². The number of fused-ring (bicyclic) bond motifs is 4. The summed E-state index contributed by atoms with van der Waals surface area (Å²) in [6.07, 6.45) is 0. The van der Waals surface area contributed by atoms with Crippen molar-refractivity contribution in [1.29, 1.82) is 0 Å². The number of hydrogen-bond donors (Lipinski definition) is 1. The Bertz CT molecular complexity index is 966. The first-order valence-electron chi connectivity index (χ1n) is 7.89. The molecule has 23 heavy (non-hydrogen) atoms. The highest BCUT2D eigenvalue weighted by molar-refractivity contribution is 6.11. The highest BCUT2D eigenvalue weighted by atomic mass is 14.9. The second-order valence-electron chi connectivity index (χ2n) is 5.93. The quantitative estimate of drug-likeness (QED) is 0.357. The SMILES string of the molecule is c1ccc2c(c1)Nc1ccccc1-c1cccc3cccc-2c13. The van der Waals surface area contributed by atoms with Crippen molar-refractivity contribution in [3.05, 3.63) is 84.9 Å². The molecule has 0 radical (unpaired) electrons. The van der Waals surface area contributed by atoms with Gasteiger partial charge in [0.25, 0.3) is 0 Å². The minimum absolute atomic E-state index is 1.15. The van der Waals surface area contributed by atoms with Crippen molar-refractivity contribution in [3.63, 3.8) is 0 Å². The summed E-state index contributed by atoms with van der Waals surface area (Å²) in [5.74, 6) is 0. The Balaban J connectivity index is 2.03. The van der Waals surface area contributed by atoms with E-state index in [1.807, 2.05) is 0 Å². The van der Waals surface area contributed by atoms with Gasteiger partial charge in [-0.1, -0.05) is 72.8 Å². The molecule has 5 rings (SSSR count). The number of rotatable bonds is 0. The van der Waals surface area contributed by atoms with Gasteiger partial charge in [0.05, 0.1) is 0 Å². The van der Waals surface area contributed by atoms with Crippen molar-refractivity contribution in [1.82, 2.24) is 0 Å². The van der Waals surface area contributed by atoms with Gasteiger partial charge >= 0.3 is 0 Å². The third-order valence-corrected chi connectivity index (χ3v) is 4.61. The molecule has 1 heterocycles. The van der Waals surface area contributed by atoms with Gasteiger partial charge in [0.15, 0.2) is 0 Å². The lowest BCUT2D eigenvalue weighted by atomic mass is 9.89. The largest absolute Gasteiger partial charge is 0.355 e. The zero-order chi connectivity index (χ0) is 15.2. The van der Waals surface area contributed by atoms with Crippen molar-refractivity contribution in [2.75, 3.05) is 5.32 Å². The fourth-order valence-electron chi connectivity index (χ4n) is 3.59. The van der Waals surface area contributed by atoms with E-state index in [0.717, 1.165) is 11.4 Å². The van der Waals surface area contributed by atoms with Crippen LogP contribution >= 0.6 is 0 Å². The molecule has 0 atom stereocenters. The second-order valence-corrected chi connectivity index (χ2v) is 5.93. The summed E-state index contributed by atoms with van der Waals surface area (Å²) in [7, 11) is 0. The van der Waals surface area contributed by atoms with E-state index < -0.39 is 0 Å². The summed E-state index contributed by atoms with van der Waals surface area (Å²) < 4.78 is 0. The summed E-state index contributed by atoms with van der Waals surface area (Å²) in [5, 5.41) is 6.24. The summed E-state index contributed by atoms with van der Waals surface area (Å²) >= 11 is 0. The van der Waals surface area contributed by atoms with Crippen LogP contribution in [0.5, 0.6) is 0 Å². The summed E-state index contributed by atoms with van der Waals surface area (Å²) in [5.41, 5.74) is 7.38. The normalized spacial score (nSPS) is 11.8. The third kappa shape index (κ3) is 1.80. The Morgan fingerprint density at radius 2 is 0.913 bits per heavy atom. The number of anilines is 2. The first-order valence-corrected chi connectivity index (χ1v) is 7.89. The van der Waals surface area contributed by atoms with E-state index in [2.05, 4.69) is 90.2 Å². The maximum Gasteiger partial charge on any atom is 0.0464 e. The summed E-state index contributed by atoms with van der Waals surface area (Å²) in [4.78, 5) is 0. The van der Waals surface area contributed by atoms with Crippen LogP contribution in [0.4, 0.5) is 11.4 Å². The molecule has 108 valence electrons. The van der Waals surface area contributed by atoms with Crippen molar-refractivity contribution >= 4 is 22.1 Å². The number of benzene rings is 4. The van der Waals surface area contributed by atoms with Crippen molar-refractivity contribution < 1.29 is 0 Å². The van der Waals surface area contributed by atoms with Crippen molar-refractivity contribution in [3.8, 4) is 22.3 Å². The Morgan fingerprint density at radius 1 is 0.435 bits per heavy atom. The van der Waals surface area contributed by atoms with Crippen LogP contribution in [-0.4, -0.2) is 0 Å². The van der Waals surface area contributed by atoms with Crippen molar-refractivity contribution in [2.24, 2.45) is 0 Å². The fourth-order valence-corrected chi connectivity index (χ4v) is 3.59. The highest BCUT2D eigenvalue weighted by Crippen LogP contribution is 2.44. The molecule has 0 saturated heterocycles. The number of para-hydroxylation sites is 2. The maximum absolute atomic E-state index is 3.63. The van der Waals surface area contributed by atoms with Crippen molar-refractivity contribution in [2.45, 2.75) is 0 Å². The first-order chi connectivity index (χ1) is 11.4. The smallest absolute Gasteiger partial charge is 0.0464 e. The molecule has 1 heteroatoms. The van der Waals surface area contributed by atoms with Gasteiger partial charge in [-0.15, -0.1) is 0 Å². The van der Waals surface area contributed by atoms with Gasteiger partial charge in [-0.05, 0) is 34.0 Å². The van der Waals surface area contributed by atoms with Crippen LogP contribution in [0.1, 0.15) is 0 Å². The van der Waals surface area contributed by atoms with Gasteiger partial charge in [0.1, 0.15) is 0 Å². The van der Waals surface area contributed by atoms with Crippen LogP contribution in [0.15, 0.2) is 84.9 Å². The standard InChI is InChI=1S/C22H15N/c1-3-13-20-16(9-1)18-11-5-7-15-8-6-12-19(22(15)18)17-10-2-4-14-21(17)23-20/h1-14,23H. The number of nitrogens with one attached hydrogen (secondary N) is 1. The Morgan fingerprint density at radius 3 is 1.48 bits per heavy atom. The molecular formula is C22H15N. The Labute approximate surface area is 135 Å². The zero-order valence-corrected chi connectivity index (χ0v) is 12.6. The van der Waals surface area contributed by atoms with E-state index in [-0.39, 0.29) is 0 Å². The van der Waals surface area contributed by atoms with E-state index in [4.69, 9.17) is 0 Å². The average Bonchev–Trinajstić information content (AvgIpc) is 2.61. The van der Waals surface area contributed by atoms with E-state index in [1.54, 1.807) is 0 Å². The lowest BCUT2D eigenvalue weighted by Crippen LogP contribution is -1.99.